The fraction of sp³-hybridized carbons (Fsp3) is 1.00. The van der Waals surface area contributed by atoms with E-state index in [-0.39, 0.29) is 18.6 Å². The van der Waals surface area contributed by atoms with E-state index >= 15 is 0 Å². The quantitative estimate of drug-likeness (QED) is 0.630. The lowest BCUT2D eigenvalue weighted by Crippen LogP contribution is -2.30. The largest absolute Gasteiger partial charge is 0.396 e. The first kappa shape index (κ1) is 20.2. The molecule has 0 aromatic heterocycles. The maximum absolute atomic E-state index is 9.07. The van der Waals surface area contributed by atoms with Crippen molar-refractivity contribution in [2.24, 2.45) is 17.3 Å². The molecule has 3 N–H and O–H groups in total. The van der Waals surface area contributed by atoms with Gasteiger partial charge in [0.05, 0.1) is 13.2 Å². The molecule has 0 aliphatic rings. The van der Waals surface area contributed by atoms with Crippen LogP contribution in [0.5, 0.6) is 0 Å². The summed E-state index contributed by atoms with van der Waals surface area (Å²) in [5, 5.41) is 26.4. The van der Waals surface area contributed by atoms with Crippen molar-refractivity contribution in [3.8, 4) is 0 Å². The predicted octanol–water partition coefficient (Wildman–Crippen LogP) is 2.83. The maximum atomic E-state index is 9.07. The molecule has 0 saturated heterocycles. The molecule has 0 unspecified atom stereocenters. The number of hydrogen-bond acceptors (Lipinski definition) is 3. The van der Waals surface area contributed by atoms with Crippen LogP contribution in [0.2, 0.25) is 0 Å². The first-order valence-corrected chi connectivity index (χ1v) is 7.20. The summed E-state index contributed by atoms with van der Waals surface area (Å²) in [5.41, 5.74) is -0.242. The van der Waals surface area contributed by atoms with Crippen molar-refractivity contribution in [1.29, 1.82) is 0 Å². The van der Waals surface area contributed by atoms with Crippen molar-refractivity contribution < 1.29 is 15.3 Å². The van der Waals surface area contributed by atoms with E-state index in [2.05, 4.69) is 27.7 Å². The van der Waals surface area contributed by atoms with Gasteiger partial charge in [0, 0.05) is 12.0 Å². The third kappa shape index (κ3) is 11.0. The summed E-state index contributed by atoms with van der Waals surface area (Å²) in [4.78, 5) is 0. The minimum absolute atomic E-state index is 0.0954. The summed E-state index contributed by atoms with van der Waals surface area (Å²) in [6.07, 6.45) is 3.85. The number of rotatable bonds is 8. The van der Waals surface area contributed by atoms with E-state index in [1.807, 2.05) is 6.92 Å². The van der Waals surface area contributed by atoms with Crippen molar-refractivity contribution in [2.45, 2.75) is 60.3 Å². The molecule has 0 aromatic carbocycles. The molecule has 0 aliphatic carbocycles. The van der Waals surface area contributed by atoms with E-state index in [4.69, 9.17) is 15.3 Å². The van der Waals surface area contributed by atoms with Gasteiger partial charge in [-0.3, -0.25) is 0 Å². The van der Waals surface area contributed by atoms with Crippen LogP contribution < -0.4 is 0 Å². The van der Waals surface area contributed by atoms with Gasteiger partial charge in [-0.05, 0) is 37.5 Å². The SMILES string of the molecule is CC(C)CCCO.CCC(CO)(CO)CC(C)C. The Bertz CT molecular complexity index is 155. The lowest BCUT2D eigenvalue weighted by atomic mass is 9.79. The molecule has 0 rings (SSSR count). The van der Waals surface area contributed by atoms with E-state index in [9.17, 15) is 0 Å². The highest BCUT2D eigenvalue weighted by Crippen LogP contribution is 2.28. The summed E-state index contributed by atoms with van der Waals surface area (Å²) in [6, 6.07) is 0. The third-order valence-electron chi connectivity index (χ3n) is 3.20. The Balaban J connectivity index is 0. The summed E-state index contributed by atoms with van der Waals surface area (Å²) >= 11 is 0. The molecule has 0 amide bonds. The van der Waals surface area contributed by atoms with Gasteiger partial charge in [-0.15, -0.1) is 0 Å². The first-order chi connectivity index (χ1) is 8.37. The van der Waals surface area contributed by atoms with Crippen molar-refractivity contribution in [1.82, 2.24) is 0 Å². The van der Waals surface area contributed by atoms with Gasteiger partial charge in [0.15, 0.2) is 0 Å². The lowest BCUT2D eigenvalue weighted by Gasteiger charge is -2.29. The van der Waals surface area contributed by atoms with Gasteiger partial charge in [0.25, 0.3) is 0 Å². The van der Waals surface area contributed by atoms with Gasteiger partial charge >= 0.3 is 0 Å². The fourth-order valence-corrected chi connectivity index (χ4v) is 1.91. The zero-order valence-corrected chi connectivity index (χ0v) is 12.9. The van der Waals surface area contributed by atoms with Crippen LogP contribution in [0.1, 0.15) is 60.3 Å². The van der Waals surface area contributed by atoms with Gasteiger partial charge in [0.1, 0.15) is 0 Å². The summed E-state index contributed by atoms with van der Waals surface area (Å²) in [5.74, 6) is 1.28. The zero-order chi connectivity index (χ0) is 14.6. The second-order valence-corrected chi connectivity index (χ2v) is 6.03. The molecule has 0 atom stereocenters. The Labute approximate surface area is 113 Å². The molecular formula is C15H34O3. The minimum Gasteiger partial charge on any atom is -0.396 e. The predicted molar refractivity (Wildman–Crippen MR) is 77.5 cm³/mol. The smallest absolute Gasteiger partial charge is 0.0509 e. The standard InChI is InChI=1S/C9H20O2.C6H14O/c1-4-9(6-10,7-11)5-8(2)3;1-6(2)4-3-5-7/h8,10-11H,4-7H2,1-3H3;6-7H,3-5H2,1-2H3. The molecule has 0 heterocycles. The van der Waals surface area contributed by atoms with Crippen molar-refractivity contribution in [3.05, 3.63) is 0 Å². The monoisotopic (exact) mass is 262 g/mol. The lowest BCUT2D eigenvalue weighted by molar-refractivity contribution is 0.0336. The summed E-state index contributed by atoms with van der Waals surface area (Å²) < 4.78 is 0. The van der Waals surface area contributed by atoms with Crippen LogP contribution in [-0.4, -0.2) is 35.1 Å². The maximum Gasteiger partial charge on any atom is 0.0509 e. The molecule has 0 fully saturated rings. The van der Waals surface area contributed by atoms with Crippen LogP contribution in [0.3, 0.4) is 0 Å². The van der Waals surface area contributed by atoms with Crippen LogP contribution in [0.15, 0.2) is 0 Å². The number of aliphatic hydroxyl groups is 3. The molecule has 3 nitrogen and oxygen atoms in total. The molecule has 3 heteroatoms. The number of hydrogen-bond donors (Lipinski definition) is 3. The Hall–Kier alpha value is -0.120. The normalized spacial score (nSPS) is 11.7. The second kappa shape index (κ2) is 11.9. The van der Waals surface area contributed by atoms with E-state index < -0.39 is 0 Å². The van der Waals surface area contributed by atoms with E-state index in [1.165, 1.54) is 0 Å². The summed E-state index contributed by atoms with van der Waals surface area (Å²) in [6.45, 7) is 11.1. The van der Waals surface area contributed by atoms with Gasteiger partial charge in [-0.25, -0.2) is 0 Å². The molecule has 18 heavy (non-hydrogen) atoms. The molecule has 0 aliphatic heterocycles. The highest BCUT2D eigenvalue weighted by molar-refractivity contribution is 4.77. The van der Waals surface area contributed by atoms with Crippen LogP contribution in [0, 0.1) is 17.3 Å². The topological polar surface area (TPSA) is 60.7 Å². The average molecular weight is 262 g/mol. The third-order valence-corrected chi connectivity index (χ3v) is 3.20. The van der Waals surface area contributed by atoms with Crippen molar-refractivity contribution >= 4 is 0 Å². The van der Waals surface area contributed by atoms with E-state index in [1.54, 1.807) is 0 Å². The van der Waals surface area contributed by atoms with Crippen LogP contribution in [0.4, 0.5) is 0 Å². The highest BCUT2D eigenvalue weighted by Gasteiger charge is 2.27. The Kier molecular flexibility index (Phi) is 13.4. The molecule has 112 valence electrons. The molecule has 0 spiro atoms. The minimum atomic E-state index is -0.242. The fourth-order valence-electron chi connectivity index (χ4n) is 1.91. The van der Waals surface area contributed by atoms with Crippen LogP contribution in [0.25, 0.3) is 0 Å². The van der Waals surface area contributed by atoms with Gasteiger partial charge in [-0.2, -0.15) is 0 Å². The van der Waals surface area contributed by atoms with Crippen LogP contribution >= 0.6 is 0 Å². The number of aliphatic hydroxyl groups excluding tert-OH is 3. The Morgan fingerprint density at radius 1 is 0.889 bits per heavy atom. The summed E-state index contributed by atoms with van der Waals surface area (Å²) in [7, 11) is 0. The van der Waals surface area contributed by atoms with Gasteiger partial charge in [0.2, 0.25) is 0 Å². The van der Waals surface area contributed by atoms with Crippen LogP contribution in [-0.2, 0) is 0 Å². The second-order valence-electron chi connectivity index (χ2n) is 6.03. The first-order valence-electron chi connectivity index (χ1n) is 7.20. The molecule has 0 aromatic rings. The Morgan fingerprint density at radius 2 is 1.39 bits per heavy atom. The van der Waals surface area contributed by atoms with E-state index in [0.717, 1.165) is 31.6 Å². The zero-order valence-electron chi connectivity index (χ0n) is 12.9. The van der Waals surface area contributed by atoms with Gasteiger partial charge < -0.3 is 15.3 Å². The molecular weight excluding hydrogens is 228 g/mol. The molecule has 0 bridgehead atoms. The van der Waals surface area contributed by atoms with Gasteiger partial charge in [-0.1, -0.05) is 34.6 Å². The Morgan fingerprint density at radius 3 is 1.50 bits per heavy atom. The van der Waals surface area contributed by atoms with Crippen molar-refractivity contribution in [3.63, 3.8) is 0 Å². The highest BCUT2D eigenvalue weighted by atomic mass is 16.3. The molecule has 0 saturated carbocycles. The molecule has 0 radical (unpaired) electrons. The average Bonchev–Trinajstić information content (AvgIpc) is 2.34. The van der Waals surface area contributed by atoms with E-state index in [0.29, 0.717) is 12.5 Å². The van der Waals surface area contributed by atoms with Crippen molar-refractivity contribution in [2.75, 3.05) is 19.8 Å².